The van der Waals surface area contributed by atoms with Gasteiger partial charge in [-0.15, -0.1) is 0 Å². The molecule has 0 radical (unpaired) electrons. The molecule has 5 nitrogen and oxygen atoms in total. The summed E-state index contributed by atoms with van der Waals surface area (Å²) in [6.45, 7) is 4.04. The monoisotopic (exact) mass is 393 g/mol. The van der Waals surface area contributed by atoms with Crippen molar-refractivity contribution in [2.24, 2.45) is 11.7 Å². The van der Waals surface area contributed by atoms with Crippen LogP contribution in [0, 0.1) is 9.49 Å². The Morgan fingerprint density at radius 1 is 1.40 bits per heavy atom. The smallest absolute Gasteiger partial charge is 0.407 e. The van der Waals surface area contributed by atoms with Crippen LogP contribution in [-0.2, 0) is 20.0 Å². The van der Waals surface area contributed by atoms with Crippen molar-refractivity contribution in [3.05, 3.63) is 33.4 Å². The van der Waals surface area contributed by atoms with Gasteiger partial charge in [-0.25, -0.2) is 4.79 Å². The topological polar surface area (TPSA) is 70.8 Å². The van der Waals surface area contributed by atoms with Gasteiger partial charge in [-0.2, -0.15) is 0 Å². The van der Waals surface area contributed by atoms with Gasteiger partial charge < -0.3 is 19.9 Å². The summed E-state index contributed by atoms with van der Waals surface area (Å²) >= 11 is 2.18. The van der Waals surface area contributed by atoms with Crippen molar-refractivity contribution >= 4 is 28.7 Å². The summed E-state index contributed by atoms with van der Waals surface area (Å²) in [5.74, 6) is -0.990. The van der Waals surface area contributed by atoms with Crippen molar-refractivity contribution in [2.45, 2.75) is 26.1 Å². The van der Waals surface area contributed by atoms with Crippen molar-refractivity contribution < 1.29 is 19.0 Å². The maximum Gasteiger partial charge on any atom is 0.407 e. The second kappa shape index (κ2) is 7.80. The number of benzene rings is 1. The van der Waals surface area contributed by atoms with Gasteiger partial charge in [0.25, 0.3) is 0 Å². The van der Waals surface area contributed by atoms with Crippen LogP contribution in [0.1, 0.15) is 25.8 Å². The number of halogens is 1. The van der Waals surface area contributed by atoms with Gasteiger partial charge in [0.15, 0.2) is 6.79 Å². The molecule has 1 atom stereocenters. The first-order valence-corrected chi connectivity index (χ1v) is 7.35. The molecule has 1 rings (SSSR count). The first-order chi connectivity index (χ1) is 9.41. The van der Waals surface area contributed by atoms with Crippen LogP contribution in [0.4, 0.5) is 4.79 Å². The Morgan fingerprint density at radius 3 is 2.55 bits per heavy atom. The van der Waals surface area contributed by atoms with Crippen LogP contribution in [0.3, 0.4) is 0 Å². The summed E-state index contributed by atoms with van der Waals surface area (Å²) < 4.78 is 17.0. The number of amides is 1. The second-order valence-electron chi connectivity index (χ2n) is 4.80. The van der Waals surface area contributed by atoms with Crippen LogP contribution in [-0.4, -0.2) is 20.0 Å². The van der Waals surface area contributed by atoms with Crippen LogP contribution in [0.5, 0.6) is 0 Å². The van der Waals surface area contributed by atoms with Crippen molar-refractivity contribution in [3.63, 3.8) is 0 Å². The second-order valence-corrected chi connectivity index (χ2v) is 5.96. The van der Waals surface area contributed by atoms with E-state index in [4.69, 9.17) is 19.9 Å². The molecule has 0 bridgehead atoms. The number of primary amides is 1. The number of nitrogens with two attached hydrogens (primary N) is 1. The highest BCUT2D eigenvalue weighted by molar-refractivity contribution is 14.1. The standard InChI is InChI=1S/C14H20INO4/c1-10(2)8-14(19-9-18-3,20-13(16)17)11-6-4-5-7-12(11)15/h4-7,10H,8-9H2,1-3H3,(H2,16,17)/t14-/m1/s1. The Kier molecular flexibility index (Phi) is 6.70. The summed E-state index contributed by atoms with van der Waals surface area (Å²) in [6, 6.07) is 7.56. The van der Waals surface area contributed by atoms with E-state index in [9.17, 15) is 4.79 Å². The summed E-state index contributed by atoms with van der Waals surface area (Å²) in [5.41, 5.74) is 6.00. The average molecular weight is 393 g/mol. The average Bonchev–Trinajstić information content (AvgIpc) is 2.35. The number of ether oxygens (including phenoxy) is 3. The van der Waals surface area contributed by atoms with Crippen LogP contribution in [0.2, 0.25) is 0 Å². The molecule has 0 aliphatic heterocycles. The van der Waals surface area contributed by atoms with Gasteiger partial charge in [0, 0.05) is 22.7 Å². The van der Waals surface area contributed by atoms with Crippen LogP contribution < -0.4 is 5.73 Å². The predicted octanol–water partition coefficient (Wildman–Crippen LogP) is 3.21. The van der Waals surface area contributed by atoms with E-state index in [1.165, 1.54) is 7.11 Å². The molecular weight excluding hydrogens is 373 g/mol. The third-order valence-corrected chi connectivity index (χ3v) is 3.58. The molecule has 2 N–H and O–H groups in total. The van der Waals surface area contributed by atoms with E-state index in [0.29, 0.717) is 6.42 Å². The fraction of sp³-hybridized carbons (Fsp3) is 0.500. The molecule has 0 aliphatic carbocycles. The maximum absolute atomic E-state index is 11.3. The zero-order valence-corrected chi connectivity index (χ0v) is 14.0. The van der Waals surface area contributed by atoms with Gasteiger partial charge in [-0.3, -0.25) is 0 Å². The normalized spacial score (nSPS) is 14.1. The lowest BCUT2D eigenvalue weighted by molar-refractivity contribution is -0.256. The Hall–Kier alpha value is -0.860. The zero-order chi connectivity index (χ0) is 15.2. The number of hydrogen-bond acceptors (Lipinski definition) is 4. The molecule has 0 fully saturated rings. The Balaban J connectivity index is 3.26. The lowest BCUT2D eigenvalue weighted by Gasteiger charge is -2.34. The molecule has 0 aliphatic rings. The quantitative estimate of drug-likeness (QED) is 0.571. The third kappa shape index (κ3) is 4.60. The van der Waals surface area contributed by atoms with Gasteiger partial charge in [0.1, 0.15) is 0 Å². The van der Waals surface area contributed by atoms with Crippen molar-refractivity contribution in [2.75, 3.05) is 13.9 Å². The van der Waals surface area contributed by atoms with Gasteiger partial charge in [0.2, 0.25) is 5.79 Å². The molecule has 0 unspecified atom stereocenters. The van der Waals surface area contributed by atoms with Crippen LogP contribution in [0.15, 0.2) is 24.3 Å². The molecule has 0 spiro atoms. The molecule has 20 heavy (non-hydrogen) atoms. The minimum absolute atomic E-state index is 0.00493. The summed E-state index contributed by atoms with van der Waals surface area (Å²) in [4.78, 5) is 11.3. The van der Waals surface area contributed by atoms with E-state index in [-0.39, 0.29) is 12.7 Å². The molecule has 112 valence electrons. The lowest BCUT2D eigenvalue weighted by Crippen LogP contribution is -2.40. The maximum atomic E-state index is 11.3. The van der Waals surface area contributed by atoms with E-state index in [0.717, 1.165) is 9.13 Å². The van der Waals surface area contributed by atoms with Crippen LogP contribution >= 0.6 is 22.6 Å². The molecule has 0 aromatic heterocycles. The number of rotatable bonds is 7. The van der Waals surface area contributed by atoms with Crippen molar-refractivity contribution in [1.82, 2.24) is 0 Å². The van der Waals surface area contributed by atoms with E-state index < -0.39 is 11.9 Å². The molecule has 6 heteroatoms. The molecule has 0 heterocycles. The summed E-state index contributed by atoms with van der Waals surface area (Å²) in [7, 11) is 1.51. The van der Waals surface area contributed by atoms with E-state index in [1.54, 1.807) is 0 Å². The van der Waals surface area contributed by atoms with Gasteiger partial charge >= 0.3 is 6.09 Å². The molecule has 1 aromatic rings. The predicted molar refractivity (Wildman–Crippen MR) is 83.9 cm³/mol. The first-order valence-electron chi connectivity index (χ1n) is 6.27. The largest absolute Gasteiger partial charge is 0.412 e. The number of carbonyl (C=O) groups excluding carboxylic acids is 1. The Bertz CT molecular complexity index is 453. The highest BCUT2D eigenvalue weighted by Gasteiger charge is 2.39. The fourth-order valence-electron chi connectivity index (χ4n) is 2.00. The third-order valence-electron chi connectivity index (χ3n) is 2.64. The molecule has 1 amide bonds. The van der Waals surface area contributed by atoms with E-state index >= 15 is 0 Å². The first kappa shape index (κ1) is 17.2. The van der Waals surface area contributed by atoms with Crippen LogP contribution in [0.25, 0.3) is 0 Å². The van der Waals surface area contributed by atoms with Gasteiger partial charge in [0.05, 0.1) is 0 Å². The van der Waals surface area contributed by atoms with Gasteiger partial charge in [-0.05, 0) is 34.6 Å². The van der Waals surface area contributed by atoms with Crippen molar-refractivity contribution in [3.8, 4) is 0 Å². The van der Waals surface area contributed by atoms with Crippen molar-refractivity contribution in [1.29, 1.82) is 0 Å². The highest BCUT2D eigenvalue weighted by atomic mass is 127. The highest BCUT2D eigenvalue weighted by Crippen LogP contribution is 2.36. The molecular formula is C14H20INO4. The minimum Gasteiger partial charge on any atom is -0.412 e. The lowest BCUT2D eigenvalue weighted by atomic mass is 9.95. The molecule has 0 saturated heterocycles. The van der Waals surface area contributed by atoms with Gasteiger partial charge in [-0.1, -0.05) is 32.0 Å². The van der Waals surface area contributed by atoms with E-state index in [2.05, 4.69) is 22.6 Å². The summed E-state index contributed by atoms with van der Waals surface area (Å²) in [6.07, 6.45) is -0.388. The number of methoxy groups -OCH3 is 1. The fourth-order valence-corrected chi connectivity index (χ4v) is 2.80. The minimum atomic E-state index is -1.23. The SMILES string of the molecule is COCO[C@](CC(C)C)(OC(N)=O)c1ccccc1I. The molecule has 1 aromatic carbocycles. The Labute approximate surface area is 132 Å². The molecule has 0 saturated carbocycles. The van der Waals surface area contributed by atoms with E-state index in [1.807, 2.05) is 38.1 Å². The number of carbonyl (C=O) groups is 1. The number of hydrogen-bond donors (Lipinski definition) is 1. The summed E-state index contributed by atoms with van der Waals surface area (Å²) in [5, 5.41) is 0. The Morgan fingerprint density at radius 2 is 2.05 bits per heavy atom. The zero-order valence-electron chi connectivity index (χ0n) is 11.9.